The van der Waals surface area contributed by atoms with Crippen molar-refractivity contribution in [2.75, 3.05) is 5.73 Å². The van der Waals surface area contributed by atoms with Crippen LogP contribution in [-0.2, 0) is 0 Å². The highest BCUT2D eigenvalue weighted by molar-refractivity contribution is 9.11. The van der Waals surface area contributed by atoms with Gasteiger partial charge in [-0.1, -0.05) is 37.0 Å². The van der Waals surface area contributed by atoms with Crippen molar-refractivity contribution in [3.8, 4) is 11.5 Å². The first-order valence-electron chi connectivity index (χ1n) is 4.13. The molecule has 2 rings (SSSR count). The molecular formula is C9H7Br2N3O. The van der Waals surface area contributed by atoms with E-state index < -0.39 is 0 Å². The number of anilines is 1. The summed E-state index contributed by atoms with van der Waals surface area (Å²) in [6.07, 6.45) is 0. The molecule has 0 aliphatic carbocycles. The fraction of sp³-hybridized carbons (Fsp3) is 0.111. The molecular weight excluding hydrogens is 326 g/mol. The van der Waals surface area contributed by atoms with Crippen LogP contribution in [0, 0.1) is 6.92 Å². The number of rotatable bonds is 1. The van der Waals surface area contributed by atoms with Crippen LogP contribution in [0.4, 0.5) is 6.01 Å². The Hall–Kier alpha value is -0.880. The SMILES string of the molecule is Cc1c(Br)cc(-c2nnc(N)o2)cc1Br. The molecule has 1 aromatic carbocycles. The fourth-order valence-electron chi connectivity index (χ4n) is 1.12. The Morgan fingerprint density at radius 1 is 1.20 bits per heavy atom. The van der Waals surface area contributed by atoms with Crippen molar-refractivity contribution in [3.05, 3.63) is 26.6 Å². The van der Waals surface area contributed by atoms with Crippen molar-refractivity contribution in [3.63, 3.8) is 0 Å². The van der Waals surface area contributed by atoms with Crippen LogP contribution in [0.2, 0.25) is 0 Å². The molecule has 0 saturated carbocycles. The number of nitrogens with two attached hydrogens (primary N) is 1. The summed E-state index contributed by atoms with van der Waals surface area (Å²) >= 11 is 6.90. The fourth-order valence-corrected chi connectivity index (χ4v) is 2.31. The van der Waals surface area contributed by atoms with Crippen LogP contribution in [0.25, 0.3) is 11.5 Å². The summed E-state index contributed by atoms with van der Waals surface area (Å²) in [5.41, 5.74) is 7.30. The first kappa shape index (κ1) is 10.6. The van der Waals surface area contributed by atoms with Gasteiger partial charge in [0.1, 0.15) is 0 Å². The van der Waals surface area contributed by atoms with Gasteiger partial charge < -0.3 is 10.2 Å². The van der Waals surface area contributed by atoms with Gasteiger partial charge in [0.15, 0.2) is 0 Å². The van der Waals surface area contributed by atoms with E-state index in [0.717, 1.165) is 20.1 Å². The molecule has 0 spiro atoms. The van der Waals surface area contributed by atoms with Crippen LogP contribution in [0.1, 0.15) is 5.56 Å². The van der Waals surface area contributed by atoms with Crippen LogP contribution in [-0.4, -0.2) is 10.2 Å². The van der Waals surface area contributed by atoms with Gasteiger partial charge in [-0.3, -0.25) is 0 Å². The van der Waals surface area contributed by atoms with E-state index in [-0.39, 0.29) is 6.01 Å². The van der Waals surface area contributed by atoms with Gasteiger partial charge in [-0.15, -0.1) is 5.10 Å². The minimum atomic E-state index is 0.0674. The van der Waals surface area contributed by atoms with Crippen LogP contribution in [0.5, 0.6) is 0 Å². The number of hydrogen-bond acceptors (Lipinski definition) is 4. The van der Waals surface area contributed by atoms with Crippen molar-refractivity contribution in [1.82, 2.24) is 10.2 Å². The predicted octanol–water partition coefficient (Wildman–Crippen LogP) is 3.15. The van der Waals surface area contributed by atoms with E-state index in [0.29, 0.717) is 5.89 Å². The van der Waals surface area contributed by atoms with Gasteiger partial charge in [0.05, 0.1) is 0 Å². The Balaban J connectivity index is 2.55. The summed E-state index contributed by atoms with van der Waals surface area (Å²) in [7, 11) is 0. The third-order valence-electron chi connectivity index (χ3n) is 1.97. The normalized spacial score (nSPS) is 10.6. The third kappa shape index (κ3) is 2.05. The highest BCUT2D eigenvalue weighted by Gasteiger charge is 2.10. The lowest BCUT2D eigenvalue weighted by molar-refractivity contribution is 0.590. The standard InChI is InChI=1S/C9H7Br2N3O/c1-4-6(10)2-5(3-7(4)11)8-13-14-9(12)15-8/h2-3H,1H3,(H2,12,14). The second kappa shape index (κ2) is 3.94. The summed E-state index contributed by atoms with van der Waals surface area (Å²) in [4.78, 5) is 0. The Morgan fingerprint density at radius 2 is 1.80 bits per heavy atom. The Labute approximate surface area is 103 Å². The summed E-state index contributed by atoms with van der Waals surface area (Å²) < 4.78 is 7.08. The van der Waals surface area contributed by atoms with Crippen molar-refractivity contribution in [2.24, 2.45) is 0 Å². The molecule has 0 unspecified atom stereocenters. The predicted molar refractivity (Wildman–Crippen MR) is 64.3 cm³/mol. The maximum atomic E-state index is 5.36. The topological polar surface area (TPSA) is 64.9 Å². The molecule has 2 aromatic rings. The zero-order valence-corrected chi connectivity index (χ0v) is 11.0. The van der Waals surface area contributed by atoms with E-state index in [9.17, 15) is 0 Å². The molecule has 0 atom stereocenters. The van der Waals surface area contributed by atoms with E-state index in [1.807, 2.05) is 19.1 Å². The lowest BCUT2D eigenvalue weighted by Crippen LogP contribution is -1.83. The van der Waals surface area contributed by atoms with Gasteiger partial charge in [0.25, 0.3) is 0 Å². The highest BCUT2D eigenvalue weighted by atomic mass is 79.9. The summed E-state index contributed by atoms with van der Waals surface area (Å²) in [6, 6.07) is 3.89. The summed E-state index contributed by atoms with van der Waals surface area (Å²) in [6.45, 7) is 2.00. The molecule has 0 amide bonds. The number of aromatic nitrogens is 2. The second-order valence-corrected chi connectivity index (χ2v) is 4.72. The smallest absolute Gasteiger partial charge is 0.313 e. The number of halogens is 2. The Bertz CT molecular complexity index is 487. The van der Waals surface area contributed by atoms with E-state index in [2.05, 4.69) is 42.1 Å². The van der Waals surface area contributed by atoms with Crippen LogP contribution in [0.3, 0.4) is 0 Å². The molecule has 0 aliphatic heterocycles. The first-order valence-corrected chi connectivity index (χ1v) is 5.71. The Morgan fingerprint density at radius 3 is 2.27 bits per heavy atom. The van der Waals surface area contributed by atoms with Crippen LogP contribution in [0.15, 0.2) is 25.5 Å². The molecule has 15 heavy (non-hydrogen) atoms. The van der Waals surface area contributed by atoms with Gasteiger partial charge in [0, 0.05) is 14.5 Å². The van der Waals surface area contributed by atoms with Crippen molar-refractivity contribution in [2.45, 2.75) is 6.92 Å². The van der Waals surface area contributed by atoms with Crippen molar-refractivity contribution < 1.29 is 4.42 Å². The van der Waals surface area contributed by atoms with Gasteiger partial charge in [0.2, 0.25) is 5.89 Å². The monoisotopic (exact) mass is 331 g/mol. The van der Waals surface area contributed by atoms with E-state index in [4.69, 9.17) is 10.2 Å². The molecule has 0 bridgehead atoms. The lowest BCUT2D eigenvalue weighted by atomic mass is 10.1. The maximum absolute atomic E-state index is 5.36. The molecule has 6 heteroatoms. The Kier molecular flexibility index (Phi) is 2.79. The van der Waals surface area contributed by atoms with E-state index >= 15 is 0 Å². The number of nitrogens with zero attached hydrogens (tertiary/aromatic N) is 2. The van der Waals surface area contributed by atoms with Gasteiger partial charge in [-0.2, -0.15) is 0 Å². The van der Waals surface area contributed by atoms with E-state index in [1.54, 1.807) is 0 Å². The molecule has 4 nitrogen and oxygen atoms in total. The minimum Gasteiger partial charge on any atom is -0.404 e. The van der Waals surface area contributed by atoms with Crippen molar-refractivity contribution in [1.29, 1.82) is 0 Å². The average molecular weight is 333 g/mol. The van der Waals surface area contributed by atoms with Gasteiger partial charge >= 0.3 is 6.01 Å². The maximum Gasteiger partial charge on any atom is 0.313 e. The molecule has 1 aromatic heterocycles. The highest BCUT2D eigenvalue weighted by Crippen LogP contribution is 2.31. The van der Waals surface area contributed by atoms with Crippen LogP contribution < -0.4 is 5.73 Å². The first-order chi connectivity index (χ1) is 7.08. The molecule has 0 fully saturated rings. The third-order valence-corrected chi connectivity index (χ3v) is 3.62. The zero-order valence-electron chi connectivity index (χ0n) is 7.79. The van der Waals surface area contributed by atoms with Crippen molar-refractivity contribution >= 4 is 37.9 Å². The summed E-state index contributed by atoms with van der Waals surface area (Å²) in [5, 5.41) is 7.42. The molecule has 0 saturated heterocycles. The second-order valence-electron chi connectivity index (χ2n) is 3.01. The molecule has 1 heterocycles. The van der Waals surface area contributed by atoms with Gasteiger partial charge in [-0.05, 0) is 24.6 Å². The molecule has 2 N–H and O–H groups in total. The molecule has 78 valence electrons. The zero-order chi connectivity index (χ0) is 11.0. The number of hydrogen-bond donors (Lipinski definition) is 1. The minimum absolute atomic E-state index is 0.0674. The quantitative estimate of drug-likeness (QED) is 0.871. The summed E-state index contributed by atoms with van der Waals surface area (Å²) in [5.74, 6) is 0.411. The molecule has 0 radical (unpaired) electrons. The van der Waals surface area contributed by atoms with Gasteiger partial charge in [-0.25, -0.2) is 0 Å². The number of benzene rings is 1. The largest absolute Gasteiger partial charge is 0.404 e. The average Bonchev–Trinajstić information content (AvgIpc) is 2.60. The van der Waals surface area contributed by atoms with E-state index in [1.165, 1.54) is 0 Å². The number of nitrogen functional groups attached to an aromatic ring is 1. The lowest BCUT2D eigenvalue weighted by Gasteiger charge is -2.03. The van der Waals surface area contributed by atoms with Crippen LogP contribution >= 0.6 is 31.9 Å². The molecule has 0 aliphatic rings.